The summed E-state index contributed by atoms with van der Waals surface area (Å²) in [5, 5.41) is 9.27. The minimum atomic E-state index is -0.307. The summed E-state index contributed by atoms with van der Waals surface area (Å²) in [5.41, 5.74) is 3.52. The zero-order valence-corrected chi connectivity index (χ0v) is 11.2. The molecule has 0 atom stereocenters. The fourth-order valence-corrected chi connectivity index (χ4v) is 2.35. The summed E-state index contributed by atoms with van der Waals surface area (Å²) in [6.45, 7) is 3.98. The van der Waals surface area contributed by atoms with Gasteiger partial charge in [0.15, 0.2) is 0 Å². The van der Waals surface area contributed by atoms with Gasteiger partial charge >= 0.3 is 0 Å². The number of hydrogen-bond acceptors (Lipinski definition) is 2. The van der Waals surface area contributed by atoms with E-state index in [1.165, 1.54) is 0 Å². The molecule has 0 saturated carbocycles. The van der Waals surface area contributed by atoms with Gasteiger partial charge in [-0.25, -0.2) is 0 Å². The molecule has 3 heteroatoms. The number of nitrogens with zero attached hydrogens (tertiary/aromatic N) is 1. The van der Waals surface area contributed by atoms with Gasteiger partial charge in [0.2, 0.25) is 0 Å². The number of benzene rings is 1. The van der Waals surface area contributed by atoms with Crippen LogP contribution in [0.4, 0.5) is 0 Å². The Hall–Kier alpha value is -2.34. The molecule has 1 aromatic heterocycles. The smallest absolute Gasteiger partial charge is 0.266 e. The number of nitriles is 1. The number of aromatic nitrogens is 1. The van der Waals surface area contributed by atoms with Crippen molar-refractivity contribution in [3.05, 3.63) is 57.5 Å². The maximum atomic E-state index is 11.9. The zero-order chi connectivity index (χ0) is 13.8. The van der Waals surface area contributed by atoms with E-state index in [0.717, 1.165) is 35.2 Å². The first-order chi connectivity index (χ1) is 9.19. The molecule has 0 aliphatic heterocycles. The van der Waals surface area contributed by atoms with Gasteiger partial charge in [-0.3, -0.25) is 4.79 Å². The molecule has 0 unspecified atom stereocenters. The first-order valence-electron chi connectivity index (χ1n) is 6.40. The lowest BCUT2D eigenvalue weighted by Crippen LogP contribution is -2.16. The van der Waals surface area contributed by atoms with Gasteiger partial charge < -0.3 is 4.98 Å². The Bertz CT molecular complexity index is 678. The van der Waals surface area contributed by atoms with Crippen molar-refractivity contribution >= 4 is 0 Å². The van der Waals surface area contributed by atoms with E-state index < -0.39 is 0 Å². The summed E-state index contributed by atoms with van der Waals surface area (Å²) in [7, 11) is 0. The topological polar surface area (TPSA) is 56.6 Å². The number of pyridine rings is 1. The highest BCUT2D eigenvalue weighted by atomic mass is 16.1. The fraction of sp³-hybridized carbons (Fsp3) is 0.250. The molecule has 0 saturated heterocycles. The second-order valence-corrected chi connectivity index (χ2v) is 4.54. The molecule has 19 heavy (non-hydrogen) atoms. The predicted octanol–water partition coefficient (Wildman–Crippen LogP) is 3.17. The van der Waals surface area contributed by atoms with Gasteiger partial charge in [0.1, 0.15) is 11.6 Å². The number of hydrogen-bond donors (Lipinski definition) is 1. The lowest BCUT2D eigenvalue weighted by molar-refractivity contribution is 0.895. The number of aromatic amines is 1. The van der Waals surface area contributed by atoms with Crippen molar-refractivity contribution in [2.24, 2.45) is 0 Å². The quantitative estimate of drug-likeness (QED) is 0.912. The van der Waals surface area contributed by atoms with Crippen molar-refractivity contribution in [3.8, 4) is 17.2 Å². The molecule has 0 aliphatic carbocycles. The highest BCUT2D eigenvalue weighted by Gasteiger charge is 2.16. The maximum Gasteiger partial charge on any atom is 0.266 e. The molecule has 0 amide bonds. The van der Waals surface area contributed by atoms with Gasteiger partial charge in [-0.05, 0) is 24.5 Å². The largest absolute Gasteiger partial charge is 0.325 e. The van der Waals surface area contributed by atoms with Crippen LogP contribution in [0.25, 0.3) is 11.1 Å². The number of H-pyrrole nitrogens is 1. The Morgan fingerprint density at radius 2 is 1.95 bits per heavy atom. The summed E-state index contributed by atoms with van der Waals surface area (Å²) in [5.74, 6) is 0. The van der Waals surface area contributed by atoms with Crippen LogP contribution in [0.3, 0.4) is 0 Å². The van der Waals surface area contributed by atoms with Gasteiger partial charge in [0.05, 0.1) is 0 Å². The van der Waals surface area contributed by atoms with Crippen molar-refractivity contribution in [2.75, 3.05) is 0 Å². The normalized spacial score (nSPS) is 10.2. The number of nitrogens with one attached hydrogen (secondary N) is 1. The SMILES string of the molecule is CCCc1c(C)[nH]c(=O)c(C#N)c1-c1ccccc1. The Balaban J connectivity index is 2.83. The molecule has 2 rings (SSSR count). The highest BCUT2D eigenvalue weighted by molar-refractivity contribution is 5.74. The molecule has 1 N–H and O–H groups in total. The second kappa shape index (κ2) is 5.53. The average Bonchev–Trinajstić information content (AvgIpc) is 2.42. The lowest BCUT2D eigenvalue weighted by Gasteiger charge is -2.13. The van der Waals surface area contributed by atoms with Crippen LogP contribution in [-0.4, -0.2) is 4.98 Å². The van der Waals surface area contributed by atoms with E-state index in [1.807, 2.05) is 43.3 Å². The summed E-state index contributed by atoms with van der Waals surface area (Å²) in [6, 6.07) is 11.7. The molecule has 0 fully saturated rings. The fourth-order valence-electron chi connectivity index (χ4n) is 2.35. The summed E-state index contributed by atoms with van der Waals surface area (Å²) in [4.78, 5) is 14.7. The average molecular weight is 252 g/mol. The standard InChI is InChI=1S/C16H16N2O/c1-3-7-13-11(2)18-16(19)14(10-17)15(13)12-8-5-4-6-9-12/h4-6,8-9H,3,7H2,1-2H3,(H,18,19). The van der Waals surface area contributed by atoms with Gasteiger partial charge in [-0.1, -0.05) is 43.7 Å². The summed E-state index contributed by atoms with van der Waals surface area (Å²) in [6.07, 6.45) is 1.82. The molecule has 0 bridgehead atoms. The van der Waals surface area contributed by atoms with Crippen LogP contribution in [-0.2, 0) is 6.42 Å². The van der Waals surface area contributed by atoms with Gasteiger partial charge in [0.25, 0.3) is 5.56 Å². The van der Waals surface area contributed by atoms with Crippen LogP contribution >= 0.6 is 0 Å². The maximum absolute atomic E-state index is 11.9. The minimum absolute atomic E-state index is 0.209. The van der Waals surface area contributed by atoms with E-state index in [2.05, 4.69) is 11.9 Å². The molecule has 1 aromatic carbocycles. The van der Waals surface area contributed by atoms with Crippen LogP contribution < -0.4 is 5.56 Å². The molecule has 0 radical (unpaired) electrons. The van der Waals surface area contributed by atoms with Crippen molar-refractivity contribution in [2.45, 2.75) is 26.7 Å². The molecular weight excluding hydrogens is 236 g/mol. The number of aryl methyl sites for hydroxylation is 1. The zero-order valence-electron chi connectivity index (χ0n) is 11.2. The first kappa shape index (κ1) is 13.1. The summed E-state index contributed by atoms with van der Waals surface area (Å²) >= 11 is 0. The van der Waals surface area contributed by atoms with E-state index in [-0.39, 0.29) is 11.1 Å². The monoisotopic (exact) mass is 252 g/mol. The van der Waals surface area contributed by atoms with Crippen LogP contribution in [0, 0.1) is 18.3 Å². The minimum Gasteiger partial charge on any atom is -0.325 e. The third-order valence-electron chi connectivity index (χ3n) is 3.21. The van der Waals surface area contributed by atoms with E-state index in [4.69, 9.17) is 0 Å². The van der Waals surface area contributed by atoms with Crippen molar-refractivity contribution in [1.82, 2.24) is 4.98 Å². The Kier molecular flexibility index (Phi) is 3.82. The van der Waals surface area contributed by atoms with Crippen molar-refractivity contribution < 1.29 is 0 Å². The van der Waals surface area contributed by atoms with Crippen LogP contribution in [0.1, 0.15) is 30.2 Å². The first-order valence-corrected chi connectivity index (χ1v) is 6.40. The van der Waals surface area contributed by atoms with Crippen molar-refractivity contribution in [3.63, 3.8) is 0 Å². The van der Waals surface area contributed by atoms with Gasteiger partial charge in [-0.2, -0.15) is 5.26 Å². The number of rotatable bonds is 3. The molecular formula is C16H16N2O. The van der Waals surface area contributed by atoms with Crippen LogP contribution in [0.2, 0.25) is 0 Å². The summed E-state index contributed by atoms with van der Waals surface area (Å²) < 4.78 is 0. The molecule has 0 spiro atoms. The highest BCUT2D eigenvalue weighted by Crippen LogP contribution is 2.27. The Morgan fingerprint density at radius 1 is 1.26 bits per heavy atom. The Morgan fingerprint density at radius 3 is 2.53 bits per heavy atom. The second-order valence-electron chi connectivity index (χ2n) is 4.54. The van der Waals surface area contributed by atoms with Gasteiger partial charge in [0, 0.05) is 11.3 Å². The van der Waals surface area contributed by atoms with E-state index in [1.54, 1.807) is 0 Å². The molecule has 2 aromatic rings. The molecule has 1 heterocycles. The predicted molar refractivity (Wildman–Crippen MR) is 75.9 cm³/mol. The third-order valence-corrected chi connectivity index (χ3v) is 3.21. The lowest BCUT2D eigenvalue weighted by atomic mass is 9.92. The van der Waals surface area contributed by atoms with Gasteiger partial charge in [-0.15, -0.1) is 0 Å². The molecule has 3 nitrogen and oxygen atoms in total. The third kappa shape index (κ3) is 2.43. The molecule has 0 aliphatic rings. The molecule has 96 valence electrons. The van der Waals surface area contributed by atoms with E-state index in [9.17, 15) is 10.1 Å². The van der Waals surface area contributed by atoms with E-state index in [0.29, 0.717) is 0 Å². The Labute approximate surface area is 112 Å². The van der Waals surface area contributed by atoms with Crippen LogP contribution in [0.15, 0.2) is 35.1 Å². The van der Waals surface area contributed by atoms with E-state index >= 15 is 0 Å². The van der Waals surface area contributed by atoms with Crippen molar-refractivity contribution in [1.29, 1.82) is 5.26 Å². The van der Waals surface area contributed by atoms with Crippen LogP contribution in [0.5, 0.6) is 0 Å².